The lowest BCUT2D eigenvalue weighted by molar-refractivity contribution is -0.127. The average Bonchev–Trinajstić information content (AvgIpc) is 3.75. The van der Waals surface area contributed by atoms with Gasteiger partial charge in [-0.15, -0.1) is 0 Å². The fourth-order valence-electron chi connectivity index (χ4n) is 6.15. The Morgan fingerprint density at radius 1 is 0.953 bits per heavy atom. The molecule has 0 bridgehead atoms. The summed E-state index contributed by atoms with van der Waals surface area (Å²) in [5, 5.41) is 3.24. The molecule has 3 amide bonds. The van der Waals surface area contributed by atoms with Crippen molar-refractivity contribution in [2.24, 2.45) is 17.1 Å². The zero-order chi connectivity index (χ0) is 30.7. The van der Waals surface area contributed by atoms with E-state index in [9.17, 15) is 22.8 Å². The van der Waals surface area contributed by atoms with Gasteiger partial charge in [-0.1, -0.05) is 42.0 Å². The number of nitrogens with two attached hydrogens (primary N) is 1. The zero-order valence-electron chi connectivity index (χ0n) is 24.1. The van der Waals surface area contributed by atoms with Gasteiger partial charge in [0.05, 0.1) is 15.8 Å². The number of hydrogen-bond acceptors (Lipinski definition) is 5. The minimum absolute atomic E-state index is 0.0337. The summed E-state index contributed by atoms with van der Waals surface area (Å²) in [5.74, 6) is -1.70. The topological polar surface area (TPSA) is 132 Å². The molecule has 1 aliphatic carbocycles. The van der Waals surface area contributed by atoms with Crippen LogP contribution in [0.3, 0.4) is 0 Å². The Morgan fingerprint density at radius 2 is 1.63 bits per heavy atom. The lowest BCUT2D eigenvalue weighted by atomic mass is 9.76. The molecule has 1 atom stereocenters. The molecule has 0 spiro atoms. The molecule has 1 aliphatic heterocycles. The number of anilines is 1. The molecule has 6 rings (SSSR count). The van der Waals surface area contributed by atoms with Crippen LogP contribution in [0.15, 0.2) is 89.5 Å². The van der Waals surface area contributed by atoms with Gasteiger partial charge in [0.1, 0.15) is 5.57 Å². The summed E-state index contributed by atoms with van der Waals surface area (Å²) in [6.45, 7) is 3.81. The zero-order valence-corrected chi connectivity index (χ0v) is 24.9. The van der Waals surface area contributed by atoms with E-state index < -0.39 is 33.2 Å². The molecule has 3 aromatic carbocycles. The number of hydrogen-bond donors (Lipinski definition) is 2. The highest BCUT2D eigenvalue weighted by molar-refractivity contribution is 7.90. The first-order chi connectivity index (χ1) is 20.5. The van der Waals surface area contributed by atoms with Crippen LogP contribution < -0.4 is 16.0 Å². The number of carbonyl (C=O) groups excluding carboxylic acids is 3. The van der Waals surface area contributed by atoms with Crippen LogP contribution in [0.5, 0.6) is 0 Å². The van der Waals surface area contributed by atoms with Crippen molar-refractivity contribution in [1.29, 1.82) is 0 Å². The van der Waals surface area contributed by atoms with Gasteiger partial charge in [0.15, 0.2) is 0 Å². The SMILES string of the molecule is CNC(=O)C1=CC(C(N)=O)(C2CC2)CN(c2cccc(-c3cccc4c3ccn4S(=O)(=O)c3ccc(C)cc3)c2C)C1=O. The predicted octanol–water partition coefficient (Wildman–Crippen LogP) is 4.06. The van der Waals surface area contributed by atoms with Crippen molar-refractivity contribution in [1.82, 2.24) is 9.29 Å². The Morgan fingerprint density at radius 3 is 2.28 bits per heavy atom. The summed E-state index contributed by atoms with van der Waals surface area (Å²) in [6, 6.07) is 19.5. The minimum atomic E-state index is -3.85. The number of amides is 3. The third-order valence-corrected chi connectivity index (χ3v) is 10.4. The van der Waals surface area contributed by atoms with Gasteiger partial charge in [-0.05, 0) is 85.7 Å². The molecule has 9 nitrogen and oxygen atoms in total. The van der Waals surface area contributed by atoms with Gasteiger partial charge in [0.2, 0.25) is 5.91 Å². The molecule has 0 saturated heterocycles. The highest BCUT2D eigenvalue weighted by Gasteiger charge is 2.53. The van der Waals surface area contributed by atoms with Gasteiger partial charge in [-0.3, -0.25) is 14.4 Å². The molecule has 10 heteroatoms. The largest absolute Gasteiger partial charge is 0.369 e. The monoisotopic (exact) mass is 596 g/mol. The maximum absolute atomic E-state index is 13.7. The molecule has 43 heavy (non-hydrogen) atoms. The van der Waals surface area contributed by atoms with E-state index in [1.165, 1.54) is 22.0 Å². The van der Waals surface area contributed by atoms with Crippen molar-refractivity contribution >= 4 is 44.3 Å². The fourth-order valence-corrected chi connectivity index (χ4v) is 7.50. The molecule has 3 N–H and O–H groups in total. The van der Waals surface area contributed by atoms with Gasteiger partial charge in [0, 0.05) is 30.9 Å². The molecular formula is C33H32N4O5S. The third kappa shape index (κ3) is 4.53. The van der Waals surface area contributed by atoms with E-state index in [4.69, 9.17) is 5.73 Å². The maximum atomic E-state index is 13.7. The summed E-state index contributed by atoms with van der Waals surface area (Å²) in [7, 11) is -2.40. The Hall–Kier alpha value is -4.70. The number of carbonyl (C=O) groups is 3. The number of aromatic nitrogens is 1. The van der Waals surface area contributed by atoms with E-state index in [-0.39, 0.29) is 22.9 Å². The van der Waals surface area contributed by atoms with Crippen LogP contribution in [0.2, 0.25) is 0 Å². The quantitative estimate of drug-likeness (QED) is 0.311. The number of aryl methyl sites for hydroxylation is 1. The summed E-state index contributed by atoms with van der Waals surface area (Å²) in [6.07, 6.45) is 4.59. The highest BCUT2D eigenvalue weighted by Crippen LogP contribution is 2.50. The minimum Gasteiger partial charge on any atom is -0.369 e. The van der Waals surface area contributed by atoms with Crippen LogP contribution in [-0.2, 0) is 24.4 Å². The van der Waals surface area contributed by atoms with Crippen LogP contribution in [0.25, 0.3) is 22.0 Å². The Labute approximate surface area is 250 Å². The van der Waals surface area contributed by atoms with Gasteiger partial charge in [0.25, 0.3) is 21.8 Å². The molecule has 2 aliphatic rings. The van der Waals surface area contributed by atoms with Crippen LogP contribution in [-0.4, -0.2) is 43.7 Å². The lowest BCUT2D eigenvalue weighted by Crippen LogP contribution is -2.54. The first-order valence-electron chi connectivity index (χ1n) is 14.1. The number of primary amides is 1. The lowest BCUT2D eigenvalue weighted by Gasteiger charge is -2.39. The second kappa shape index (κ2) is 10.2. The van der Waals surface area contributed by atoms with Gasteiger partial charge < -0.3 is 16.0 Å². The predicted molar refractivity (Wildman–Crippen MR) is 165 cm³/mol. The van der Waals surface area contributed by atoms with E-state index in [1.807, 2.05) is 32.0 Å². The van der Waals surface area contributed by atoms with Crippen molar-refractivity contribution in [3.05, 3.63) is 95.7 Å². The molecule has 1 unspecified atom stereocenters. The molecule has 220 valence electrons. The van der Waals surface area contributed by atoms with Gasteiger partial charge in [-0.25, -0.2) is 12.4 Å². The molecule has 4 aromatic rings. The first kappa shape index (κ1) is 28.4. The van der Waals surface area contributed by atoms with Gasteiger partial charge in [-0.2, -0.15) is 0 Å². The summed E-state index contributed by atoms with van der Waals surface area (Å²) >= 11 is 0. The van der Waals surface area contributed by atoms with Crippen molar-refractivity contribution in [3.8, 4) is 11.1 Å². The second-order valence-corrected chi connectivity index (χ2v) is 13.1. The molecule has 0 radical (unpaired) electrons. The molecule has 1 aromatic heterocycles. The highest BCUT2D eigenvalue weighted by atomic mass is 32.2. The Balaban J connectivity index is 1.47. The van der Waals surface area contributed by atoms with Crippen molar-refractivity contribution in [2.75, 3.05) is 18.5 Å². The third-order valence-electron chi connectivity index (χ3n) is 8.69. The van der Waals surface area contributed by atoms with Crippen LogP contribution >= 0.6 is 0 Å². The standard InChI is InChI=1S/C33H32N4O5S/c1-20-10-14-23(15-11-20)43(41,42)37-17-16-26-25(7-5-9-29(26)37)24-6-4-8-28(21(24)2)36-19-33(32(34)40,22-12-13-22)18-27(31(36)39)30(38)35-3/h4-11,14-18,22H,12-13,19H2,1-3H3,(H2,34,40)(H,35,38). The Bertz CT molecular complexity index is 1950. The summed E-state index contributed by atoms with van der Waals surface area (Å²) in [4.78, 5) is 41.1. The smallest absolute Gasteiger partial charge is 0.268 e. The van der Waals surface area contributed by atoms with Crippen molar-refractivity contribution < 1.29 is 22.8 Å². The summed E-state index contributed by atoms with van der Waals surface area (Å²) in [5.41, 5.74) is 9.01. The van der Waals surface area contributed by atoms with Crippen LogP contribution in [0.4, 0.5) is 5.69 Å². The van der Waals surface area contributed by atoms with E-state index in [2.05, 4.69) is 5.32 Å². The van der Waals surface area contributed by atoms with E-state index in [0.29, 0.717) is 11.2 Å². The van der Waals surface area contributed by atoms with Crippen LogP contribution in [0, 0.1) is 25.2 Å². The average molecular weight is 597 g/mol. The first-order valence-corrected chi connectivity index (χ1v) is 15.5. The van der Waals surface area contributed by atoms with Crippen molar-refractivity contribution in [3.63, 3.8) is 0 Å². The molecule has 1 fully saturated rings. The molecular weight excluding hydrogens is 564 g/mol. The second-order valence-electron chi connectivity index (χ2n) is 11.3. The molecule has 1 saturated carbocycles. The number of fused-ring (bicyclic) bond motifs is 1. The normalized spacial score (nSPS) is 18.9. The number of rotatable bonds is 7. The van der Waals surface area contributed by atoms with Crippen molar-refractivity contribution in [2.45, 2.75) is 31.6 Å². The Kier molecular flexibility index (Phi) is 6.76. The number of likely N-dealkylation sites (N-methyl/N-ethyl adjacent to an activating group) is 1. The fraction of sp³-hybridized carbons (Fsp3) is 0.242. The van der Waals surface area contributed by atoms with E-state index in [0.717, 1.165) is 40.5 Å². The molecule has 2 heterocycles. The van der Waals surface area contributed by atoms with Crippen LogP contribution in [0.1, 0.15) is 24.0 Å². The van der Waals surface area contributed by atoms with E-state index >= 15 is 0 Å². The maximum Gasteiger partial charge on any atom is 0.268 e. The number of benzene rings is 3. The van der Waals surface area contributed by atoms with E-state index in [1.54, 1.807) is 54.7 Å². The summed E-state index contributed by atoms with van der Waals surface area (Å²) < 4.78 is 28.4. The number of nitrogens with zero attached hydrogens (tertiary/aromatic N) is 2. The van der Waals surface area contributed by atoms with Gasteiger partial charge >= 0.3 is 0 Å². The number of nitrogens with one attached hydrogen (secondary N) is 1.